The van der Waals surface area contributed by atoms with E-state index in [0.717, 1.165) is 52.7 Å². The van der Waals surface area contributed by atoms with Gasteiger partial charge in [-0.15, -0.1) is 0 Å². The fourth-order valence-electron chi connectivity index (χ4n) is 7.06. The van der Waals surface area contributed by atoms with Gasteiger partial charge < -0.3 is 10.2 Å². The van der Waals surface area contributed by atoms with Crippen LogP contribution in [0.1, 0.15) is 0 Å². The lowest BCUT2D eigenvalue weighted by Crippen LogP contribution is -1.83. The molecule has 10 aromatic rings. The molecule has 0 bridgehead atoms. The number of aromatic hydroxyl groups is 2. The van der Waals surface area contributed by atoms with E-state index in [4.69, 9.17) is 0 Å². The molecule has 0 aliphatic rings. The van der Waals surface area contributed by atoms with Gasteiger partial charge in [-0.25, -0.2) is 0 Å². The summed E-state index contributed by atoms with van der Waals surface area (Å²) in [6.07, 6.45) is 0. The highest BCUT2D eigenvalue weighted by atomic mass is 79.9. The van der Waals surface area contributed by atoms with E-state index in [1.165, 1.54) is 32.7 Å². The molecule has 0 aliphatic carbocycles. The average molecular weight is 853 g/mol. The van der Waals surface area contributed by atoms with E-state index >= 15 is 0 Å². The maximum Gasteiger partial charge on any atom is 0.124 e. The number of hydrogen-bond donors (Lipinski definition) is 2. The van der Waals surface area contributed by atoms with Crippen LogP contribution >= 0.6 is 31.9 Å². The highest BCUT2D eigenvalue weighted by molar-refractivity contribution is 9.11. The molecule has 10 rings (SSSR count). The first-order valence-electron chi connectivity index (χ1n) is 18.3. The Morgan fingerprint density at radius 2 is 0.679 bits per heavy atom. The predicted molar refractivity (Wildman–Crippen MR) is 244 cm³/mol. The summed E-state index contributed by atoms with van der Waals surface area (Å²) >= 11 is 6.92. The largest absolute Gasteiger partial charge is 0.507 e. The molecule has 0 amide bonds. The van der Waals surface area contributed by atoms with Crippen LogP contribution in [-0.4, -0.2) is 10.2 Å². The fraction of sp³-hybridized carbons (Fsp3) is 0. The minimum Gasteiger partial charge on any atom is -0.507 e. The minimum absolute atomic E-state index is 0.321. The number of fused-ring (bicyclic) bond motifs is 4. The van der Waals surface area contributed by atoms with Crippen molar-refractivity contribution in [1.82, 2.24) is 0 Å². The van der Waals surface area contributed by atoms with Crippen molar-refractivity contribution >= 4 is 74.9 Å². The van der Waals surface area contributed by atoms with Crippen LogP contribution in [0.5, 0.6) is 11.5 Å². The van der Waals surface area contributed by atoms with Gasteiger partial charge in [0.15, 0.2) is 0 Å². The lowest BCUT2D eigenvalue weighted by molar-refractivity contribution is 0.481. The number of halogens is 2. The smallest absolute Gasteiger partial charge is 0.124 e. The molecule has 10 aromatic carbocycles. The molecular weight excluding hydrogens is 816 g/mol. The van der Waals surface area contributed by atoms with Crippen LogP contribution in [0.3, 0.4) is 0 Å². The third-order valence-corrected chi connectivity index (χ3v) is 11.1. The molecule has 4 heteroatoms. The van der Waals surface area contributed by atoms with E-state index in [0.29, 0.717) is 11.5 Å². The van der Waals surface area contributed by atoms with E-state index in [2.05, 4.69) is 141 Å². The van der Waals surface area contributed by atoms with Gasteiger partial charge in [-0.3, -0.25) is 0 Å². The van der Waals surface area contributed by atoms with E-state index in [1.807, 2.05) is 97.1 Å². The molecule has 0 heterocycles. The van der Waals surface area contributed by atoms with Crippen molar-refractivity contribution in [2.75, 3.05) is 0 Å². The van der Waals surface area contributed by atoms with Gasteiger partial charge in [0.05, 0.1) is 0 Å². The van der Waals surface area contributed by atoms with Gasteiger partial charge in [-0.2, -0.15) is 0 Å². The van der Waals surface area contributed by atoms with Crippen LogP contribution in [0, 0.1) is 0 Å². The van der Waals surface area contributed by atoms with Crippen LogP contribution in [0.4, 0.5) is 0 Å². The summed E-state index contributed by atoms with van der Waals surface area (Å²) < 4.78 is 2.21. The SMILES string of the molecule is Brc1cccc2ccccc12.Oc1cc(-c2ccc(-c3cccc4ccccc34)cc2)cc2ccccc12.Oc1cc(-c2ccc(Br)cc2)cc2ccccc12. The summed E-state index contributed by atoms with van der Waals surface area (Å²) in [5, 5.41) is 29.4. The Labute approximate surface area is 343 Å². The quantitative estimate of drug-likeness (QED) is 0.186. The first-order valence-corrected chi connectivity index (χ1v) is 19.9. The first kappa shape index (κ1) is 36.8. The molecule has 56 heavy (non-hydrogen) atoms. The van der Waals surface area contributed by atoms with Crippen molar-refractivity contribution in [3.63, 3.8) is 0 Å². The summed E-state index contributed by atoms with van der Waals surface area (Å²) in [6.45, 7) is 0. The summed E-state index contributed by atoms with van der Waals surface area (Å²) in [6, 6.07) is 69.7. The van der Waals surface area contributed by atoms with E-state index < -0.39 is 0 Å². The van der Waals surface area contributed by atoms with Crippen molar-refractivity contribution in [3.05, 3.63) is 215 Å². The number of rotatable bonds is 3. The summed E-state index contributed by atoms with van der Waals surface area (Å²) in [5.41, 5.74) is 6.68. The Morgan fingerprint density at radius 1 is 0.286 bits per heavy atom. The molecule has 0 unspecified atom stereocenters. The van der Waals surface area contributed by atoms with Gasteiger partial charge in [-0.1, -0.05) is 196 Å². The molecule has 0 saturated carbocycles. The Morgan fingerprint density at radius 3 is 1.21 bits per heavy atom. The number of benzene rings is 10. The lowest BCUT2D eigenvalue weighted by atomic mass is 9.95. The molecule has 0 aromatic heterocycles. The minimum atomic E-state index is 0.321. The maximum absolute atomic E-state index is 10.4. The third-order valence-electron chi connectivity index (χ3n) is 9.91. The van der Waals surface area contributed by atoms with Gasteiger partial charge in [0.25, 0.3) is 0 Å². The van der Waals surface area contributed by atoms with Crippen LogP contribution in [-0.2, 0) is 0 Å². The zero-order chi connectivity index (χ0) is 38.4. The third kappa shape index (κ3) is 8.08. The Bertz CT molecular complexity index is 2940. The summed E-state index contributed by atoms with van der Waals surface area (Å²) in [5.74, 6) is 0.646. The number of phenols is 2. The zero-order valence-electron chi connectivity index (χ0n) is 30.3. The monoisotopic (exact) mass is 850 g/mol. The van der Waals surface area contributed by atoms with Crippen molar-refractivity contribution in [1.29, 1.82) is 0 Å². The van der Waals surface area contributed by atoms with Crippen LogP contribution in [0.25, 0.3) is 76.5 Å². The second kappa shape index (κ2) is 16.7. The molecule has 0 saturated heterocycles. The summed E-state index contributed by atoms with van der Waals surface area (Å²) in [7, 11) is 0. The normalized spacial score (nSPS) is 10.8. The molecule has 0 fully saturated rings. The van der Waals surface area contributed by atoms with Gasteiger partial charge in [0.2, 0.25) is 0 Å². The fourth-order valence-corrected chi connectivity index (χ4v) is 7.84. The Kier molecular flexibility index (Phi) is 10.9. The standard InChI is InChI=1S/C26H18O.C16H11BrO.C10H7Br/c27-26-17-22(16-21-7-2-4-10-25(21)26)18-12-14-20(15-13-18)24-11-5-8-19-6-1-3-9-23(19)24;17-14-7-5-11(6-8-14)13-9-12-3-1-2-4-15(12)16(18)10-13;11-10-7-3-5-8-4-1-2-6-9(8)10/h1-17,27H;1-10,18H;1-7H. The molecule has 270 valence electrons. The second-order valence-electron chi connectivity index (χ2n) is 13.5. The average Bonchev–Trinajstić information content (AvgIpc) is 3.24. The zero-order valence-corrected chi connectivity index (χ0v) is 33.5. The molecule has 0 aliphatic heterocycles. The van der Waals surface area contributed by atoms with Crippen LogP contribution in [0.2, 0.25) is 0 Å². The highest BCUT2D eigenvalue weighted by Crippen LogP contribution is 2.35. The second-order valence-corrected chi connectivity index (χ2v) is 15.3. The lowest BCUT2D eigenvalue weighted by Gasteiger charge is -2.10. The van der Waals surface area contributed by atoms with Crippen LogP contribution < -0.4 is 0 Å². The Balaban J connectivity index is 0.000000130. The van der Waals surface area contributed by atoms with Crippen molar-refractivity contribution in [2.45, 2.75) is 0 Å². The van der Waals surface area contributed by atoms with Gasteiger partial charge >= 0.3 is 0 Å². The molecule has 0 spiro atoms. The van der Waals surface area contributed by atoms with Gasteiger partial charge in [0, 0.05) is 19.7 Å². The topological polar surface area (TPSA) is 40.5 Å². The van der Waals surface area contributed by atoms with E-state index in [1.54, 1.807) is 0 Å². The molecular formula is C52H36Br2O2. The molecule has 0 radical (unpaired) electrons. The number of hydrogen-bond acceptors (Lipinski definition) is 2. The predicted octanol–water partition coefficient (Wildman–Crippen LogP) is 15.6. The first-order chi connectivity index (χ1) is 27.4. The van der Waals surface area contributed by atoms with E-state index in [9.17, 15) is 10.2 Å². The summed E-state index contributed by atoms with van der Waals surface area (Å²) in [4.78, 5) is 0. The van der Waals surface area contributed by atoms with Crippen LogP contribution in [0.15, 0.2) is 215 Å². The highest BCUT2D eigenvalue weighted by Gasteiger charge is 2.08. The van der Waals surface area contributed by atoms with E-state index in [-0.39, 0.29) is 0 Å². The molecule has 0 atom stereocenters. The number of phenolic OH excluding ortho intramolecular Hbond substituents is 2. The van der Waals surface area contributed by atoms with Gasteiger partial charge in [0.1, 0.15) is 11.5 Å². The van der Waals surface area contributed by atoms with Crippen molar-refractivity contribution in [2.24, 2.45) is 0 Å². The van der Waals surface area contributed by atoms with Gasteiger partial charge in [-0.05, 0) is 108 Å². The molecule has 2 nitrogen and oxygen atoms in total. The van der Waals surface area contributed by atoms with Crippen molar-refractivity contribution < 1.29 is 10.2 Å². The molecule has 2 N–H and O–H groups in total. The van der Waals surface area contributed by atoms with Crippen molar-refractivity contribution in [3.8, 4) is 44.9 Å². The maximum atomic E-state index is 10.4. The Hall–Kier alpha value is -6.20.